The van der Waals surface area contributed by atoms with Gasteiger partial charge in [-0.1, -0.05) is 42.5 Å². The third-order valence-electron chi connectivity index (χ3n) is 7.19. The Morgan fingerprint density at radius 3 is 2.37 bits per heavy atom. The van der Waals surface area contributed by atoms with Gasteiger partial charge in [-0.05, 0) is 55.2 Å². The summed E-state index contributed by atoms with van der Waals surface area (Å²) >= 11 is 0. The fourth-order valence-electron chi connectivity index (χ4n) is 5.48. The van der Waals surface area contributed by atoms with E-state index in [4.69, 9.17) is 9.47 Å². The monoisotopic (exact) mass is 512 g/mol. The normalized spacial score (nSPS) is 19.0. The Morgan fingerprint density at radius 2 is 1.68 bits per heavy atom. The van der Waals surface area contributed by atoms with Gasteiger partial charge in [0.15, 0.2) is 17.3 Å². The van der Waals surface area contributed by atoms with Gasteiger partial charge in [-0.3, -0.25) is 9.59 Å². The van der Waals surface area contributed by atoms with Gasteiger partial charge >= 0.3 is 0 Å². The van der Waals surface area contributed by atoms with E-state index in [1.807, 2.05) is 49.4 Å². The number of hydrogen-bond donors (Lipinski definition) is 2. The number of rotatable bonds is 6. The van der Waals surface area contributed by atoms with Gasteiger partial charge in [0, 0.05) is 40.2 Å². The number of halogens is 1. The number of hydrogen-bond acceptors (Lipinski definition) is 5. The summed E-state index contributed by atoms with van der Waals surface area (Å²) in [6, 6.07) is 21.0. The van der Waals surface area contributed by atoms with E-state index in [-0.39, 0.29) is 17.6 Å². The van der Waals surface area contributed by atoms with E-state index in [0.29, 0.717) is 52.4 Å². The average molecular weight is 513 g/mol. The number of methoxy groups -OCH3 is 2. The van der Waals surface area contributed by atoms with Gasteiger partial charge in [-0.2, -0.15) is 0 Å². The fourth-order valence-corrected chi connectivity index (χ4v) is 5.48. The number of anilines is 1. The number of dihydropyridines is 1. The molecule has 2 N–H and O–H groups in total. The van der Waals surface area contributed by atoms with E-state index in [9.17, 15) is 14.0 Å². The Kier molecular flexibility index (Phi) is 7.01. The predicted octanol–water partition coefficient (Wildman–Crippen LogP) is 5.84. The lowest BCUT2D eigenvalue weighted by Crippen LogP contribution is -2.37. The van der Waals surface area contributed by atoms with Crippen LogP contribution in [0.15, 0.2) is 95.3 Å². The number of carbonyl (C=O) groups is 2. The highest BCUT2D eigenvalue weighted by Gasteiger charge is 2.42. The molecule has 0 spiro atoms. The number of amides is 1. The molecular weight excluding hydrogens is 483 g/mol. The van der Waals surface area contributed by atoms with E-state index in [1.165, 1.54) is 24.3 Å². The van der Waals surface area contributed by atoms with Crippen molar-refractivity contribution in [2.45, 2.75) is 31.6 Å². The van der Waals surface area contributed by atoms with Crippen molar-refractivity contribution in [2.75, 3.05) is 19.5 Å². The van der Waals surface area contributed by atoms with Crippen LogP contribution < -0.4 is 20.1 Å². The second-order valence-electron chi connectivity index (χ2n) is 9.47. The summed E-state index contributed by atoms with van der Waals surface area (Å²) < 4.78 is 24.7. The number of ketones is 1. The molecule has 3 aromatic rings. The van der Waals surface area contributed by atoms with Gasteiger partial charge in [0.05, 0.1) is 20.1 Å². The summed E-state index contributed by atoms with van der Waals surface area (Å²) in [5, 5.41) is 6.26. The maximum absolute atomic E-state index is 13.9. The van der Waals surface area contributed by atoms with Crippen molar-refractivity contribution >= 4 is 17.4 Å². The van der Waals surface area contributed by atoms with Crippen LogP contribution in [0.25, 0.3) is 0 Å². The number of benzene rings is 3. The Morgan fingerprint density at radius 1 is 0.947 bits per heavy atom. The van der Waals surface area contributed by atoms with E-state index in [1.54, 1.807) is 20.3 Å². The highest BCUT2D eigenvalue weighted by molar-refractivity contribution is 6.10. The van der Waals surface area contributed by atoms with Crippen molar-refractivity contribution in [3.8, 4) is 11.5 Å². The third-order valence-corrected chi connectivity index (χ3v) is 7.19. The molecule has 2 aliphatic rings. The van der Waals surface area contributed by atoms with Crippen LogP contribution in [0.3, 0.4) is 0 Å². The zero-order chi connectivity index (χ0) is 26.8. The molecule has 1 amide bonds. The van der Waals surface area contributed by atoms with Crippen LogP contribution in [-0.2, 0) is 9.59 Å². The largest absolute Gasteiger partial charge is 0.493 e. The van der Waals surface area contributed by atoms with Crippen molar-refractivity contribution in [1.82, 2.24) is 5.32 Å². The number of para-hydroxylation sites is 1. The summed E-state index contributed by atoms with van der Waals surface area (Å²) in [5.74, 6) is -0.486. The molecule has 7 heteroatoms. The van der Waals surface area contributed by atoms with Gasteiger partial charge in [0.1, 0.15) is 5.82 Å². The summed E-state index contributed by atoms with van der Waals surface area (Å²) in [6.45, 7) is 1.83. The maximum Gasteiger partial charge on any atom is 0.254 e. The first kappa shape index (κ1) is 25.3. The number of Topliss-reactive ketones (excluding diaryl/α,β-unsaturated/α-hetero) is 1. The van der Waals surface area contributed by atoms with Crippen LogP contribution in [0.1, 0.15) is 42.7 Å². The molecule has 3 aromatic carbocycles. The lowest BCUT2D eigenvalue weighted by Gasteiger charge is -2.37. The van der Waals surface area contributed by atoms with Crippen LogP contribution in [-0.4, -0.2) is 25.9 Å². The molecule has 1 heterocycles. The molecule has 0 saturated heterocycles. The third kappa shape index (κ3) is 4.67. The molecule has 0 unspecified atom stereocenters. The van der Waals surface area contributed by atoms with Crippen LogP contribution in [0, 0.1) is 5.82 Å². The lowest BCUT2D eigenvalue weighted by molar-refractivity contribution is -0.116. The molecule has 194 valence electrons. The molecule has 0 saturated carbocycles. The first-order valence-electron chi connectivity index (χ1n) is 12.5. The quantitative estimate of drug-likeness (QED) is 0.434. The standard InChI is InChI=1S/C31H29FN2O4/c1-18-27(31(36)34-22-14-12-21(32)13-15-22)28(23-10-7-11-26(37-2)30(23)38-3)29-24(33-18)16-20(17-25(29)35)19-8-5-4-6-9-19/h4-15,20,28,33H,16-17H2,1-3H3,(H,34,36)/t20-,28-/m1/s1. The minimum atomic E-state index is -0.680. The Hall–Kier alpha value is -4.39. The molecule has 1 aliphatic heterocycles. The van der Waals surface area contributed by atoms with Crippen molar-refractivity contribution in [3.05, 3.63) is 112 Å². The van der Waals surface area contributed by atoms with Gasteiger partial charge < -0.3 is 20.1 Å². The van der Waals surface area contributed by atoms with Crippen molar-refractivity contribution < 1.29 is 23.5 Å². The van der Waals surface area contributed by atoms with Gasteiger partial charge in [0.2, 0.25) is 0 Å². The second kappa shape index (κ2) is 10.5. The first-order chi connectivity index (χ1) is 18.4. The minimum Gasteiger partial charge on any atom is -0.493 e. The number of nitrogens with one attached hydrogen (secondary N) is 2. The van der Waals surface area contributed by atoms with E-state index >= 15 is 0 Å². The van der Waals surface area contributed by atoms with E-state index in [0.717, 1.165) is 11.3 Å². The summed E-state index contributed by atoms with van der Waals surface area (Å²) in [5.41, 5.74) is 4.61. The second-order valence-corrected chi connectivity index (χ2v) is 9.47. The molecule has 0 fully saturated rings. The van der Waals surface area contributed by atoms with E-state index < -0.39 is 11.7 Å². The lowest BCUT2D eigenvalue weighted by atomic mass is 9.71. The Bertz CT molecular complexity index is 1440. The molecule has 1 aliphatic carbocycles. The van der Waals surface area contributed by atoms with Crippen molar-refractivity contribution in [1.29, 1.82) is 0 Å². The zero-order valence-electron chi connectivity index (χ0n) is 21.5. The molecule has 5 rings (SSSR count). The van der Waals surface area contributed by atoms with Crippen molar-refractivity contribution in [3.63, 3.8) is 0 Å². The summed E-state index contributed by atoms with van der Waals surface area (Å²) in [4.78, 5) is 27.6. The van der Waals surface area contributed by atoms with Gasteiger partial charge in [-0.25, -0.2) is 4.39 Å². The maximum atomic E-state index is 13.9. The van der Waals surface area contributed by atoms with Crippen molar-refractivity contribution in [2.24, 2.45) is 0 Å². The summed E-state index contributed by atoms with van der Waals surface area (Å²) in [7, 11) is 3.09. The molecule has 2 atom stereocenters. The topological polar surface area (TPSA) is 76.7 Å². The fraction of sp³-hybridized carbons (Fsp3) is 0.226. The smallest absolute Gasteiger partial charge is 0.254 e. The molecule has 38 heavy (non-hydrogen) atoms. The molecular formula is C31H29FN2O4. The Balaban J connectivity index is 1.62. The first-order valence-corrected chi connectivity index (χ1v) is 12.5. The number of allylic oxidation sites excluding steroid dienone is 3. The van der Waals surface area contributed by atoms with E-state index in [2.05, 4.69) is 10.6 Å². The zero-order valence-corrected chi connectivity index (χ0v) is 21.5. The summed E-state index contributed by atoms with van der Waals surface area (Å²) in [6.07, 6.45) is 0.970. The molecule has 0 bridgehead atoms. The highest BCUT2D eigenvalue weighted by atomic mass is 19.1. The van der Waals surface area contributed by atoms with Crippen LogP contribution in [0.4, 0.5) is 10.1 Å². The highest BCUT2D eigenvalue weighted by Crippen LogP contribution is 2.49. The minimum absolute atomic E-state index is 0.0259. The number of carbonyl (C=O) groups excluding carboxylic acids is 2. The molecule has 0 radical (unpaired) electrons. The SMILES string of the molecule is COc1cccc([C@@H]2C(C(=O)Nc3ccc(F)cc3)=C(C)NC3=C2C(=O)C[C@H](c2ccccc2)C3)c1OC. The van der Waals surface area contributed by atoms with Gasteiger partial charge in [0.25, 0.3) is 5.91 Å². The van der Waals surface area contributed by atoms with Crippen LogP contribution in [0.2, 0.25) is 0 Å². The predicted molar refractivity (Wildman–Crippen MR) is 144 cm³/mol. The van der Waals surface area contributed by atoms with Gasteiger partial charge in [-0.15, -0.1) is 0 Å². The molecule has 6 nitrogen and oxygen atoms in total. The van der Waals surface area contributed by atoms with Crippen LogP contribution in [0.5, 0.6) is 11.5 Å². The van der Waals surface area contributed by atoms with Crippen LogP contribution >= 0.6 is 0 Å². The number of ether oxygens (including phenoxy) is 2. The Labute approximate surface area is 221 Å². The molecule has 0 aromatic heterocycles. The average Bonchev–Trinajstić information content (AvgIpc) is 2.93.